The smallest absolute Gasteiger partial charge is 0.130 e. The predicted octanol–water partition coefficient (Wildman–Crippen LogP) is 2.87. The molecule has 1 rings (SSSR count). The Bertz CT molecular complexity index is 258. The fraction of sp³-hybridized carbons (Fsp3) is 0.400. The number of aryl methyl sites for hydroxylation is 1. The van der Waals surface area contributed by atoms with E-state index in [-0.39, 0.29) is 11.6 Å². The molecule has 0 aliphatic carbocycles. The van der Waals surface area contributed by atoms with Crippen LogP contribution in [-0.2, 0) is 6.42 Å². The Morgan fingerprint density at radius 1 is 1.42 bits per heavy atom. The number of phenolic OH excluding ortho intramolecular Hbond substituents is 1. The van der Waals surface area contributed by atoms with Gasteiger partial charge in [0.1, 0.15) is 11.6 Å². The highest BCUT2D eigenvalue weighted by Crippen LogP contribution is 2.16. The average molecular weight is 168 g/mol. The molecule has 0 fully saturated rings. The van der Waals surface area contributed by atoms with Gasteiger partial charge >= 0.3 is 0 Å². The second-order valence-electron chi connectivity index (χ2n) is 2.88. The Hall–Kier alpha value is -1.05. The van der Waals surface area contributed by atoms with Crippen LogP contribution in [0.4, 0.5) is 4.39 Å². The lowest BCUT2D eigenvalue weighted by Gasteiger charge is -2.01. The van der Waals surface area contributed by atoms with Crippen LogP contribution >= 0.6 is 0 Å². The molecule has 0 heterocycles. The fourth-order valence-electron chi connectivity index (χ4n) is 1.11. The summed E-state index contributed by atoms with van der Waals surface area (Å²) in [6.07, 6.45) is 2.80. The van der Waals surface area contributed by atoms with Gasteiger partial charge in [-0.15, -0.1) is 0 Å². The summed E-state index contributed by atoms with van der Waals surface area (Å²) in [6, 6.07) is 4.32. The lowest BCUT2D eigenvalue weighted by Crippen LogP contribution is -1.89. The van der Waals surface area contributed by atoms with Crippen LogP contribution in [0.2, 0.25) is 0 Å². The maximum Gasteiger partial charge on any atom is 0.130 e. The van der Waals surface area contributed by atoms with Gasteiger partial charge in [-0.05, 0) is 24.5 Å². The Balaban J connectivity index is 2.72. The van der Waals surface area contributed by atoms with Crippen LogP contribution in [-0.4, -0.2) is 5.11 Å². The van der Waals surface area contributed by atoms with Crippen molar-refractivity contribution in [3.8, 4) is 5.75 Å². The van der Waals surface area contributed by atoms with Crippen LogP contribution in [0.25, 0.3) is 0 Å². The summed E-state index contributed by atoms with van der Waals surface area (Å²) in [4.78, 5) is 0. The molecule has 2 heteroatoms. The minimum absolute atomic E-state index is 0.00671. The highest BCUT2D eigenvalue weighted by atomic mass is 19.1. The van der Waals surface area contributed by atoms with E-state index >= 15 is 0 Å². The van der Waals surface area contributed by atoms with Crippen molar-refractivity contribution in [2.75, 3.05) is 0 Å². The van der Waals surface area contributed by atoms with Gasteiger partial charge in [0, 0.05) is 6.07 Å². The summed E-state index contributed by atoms with van der Waals surface area (Å²) in [6.45, 7) is 2.07. The summed E-state index contributed by atoms with van der Waals surface area (Å²) in [5.74, 6) is -0.309. The van der Waals surface area contributed by atoms with Crippen LogP contribution in [0, 0.1) is 5.82 Å². The number of unbranched alkanes of at least 4 members (excludes halogenated alkanes) is 1. The Morgan fingerprint density at radius 2 is 2.17 bits per heavy atom. The van der Waals surface area contributed by atoms with E-state index in [4.69, 9.17) is 5.11 Å². The number of hydrogen-bond acceptors (Lipinski definition) is 1. The van der Waals surface area contributed by atoms with Crippen molar-refractivity contribution in [1.82, 2.24) is 0 Å². The first-order valence-electron chi connectivity index (χ1n) is 4.21. The van der Waals surface area contributed by atoms with Crippen LogP contribution in [0.3, 0.4) is 0 Å². The number of rotatable bonds is 3. The lowest BCUT2D eigenvalue weighted by atomic mass is 10.1. The lowest BCUT2D eigenvalue weighted by molar-refractivity contribution is 0.467. The number of benzene rings is 1. The maximum atomic E-state index is 13.0. The predicted molar refractivity (Wildman–Crippen MR) is 46.7 cm³/mol. The highest BCUT2D eigenvalue weighted by molar-refractivity contribution is 5.27. The summed E-state index contributed by atoms with van der Waals surface area (Å²) < 4.78 is 13.0. The Morgan fingerprint density at radius 3 is 2.75 bits per heavy atom. The third-order valence-electron chi connectivity index (χ3n) is 1.84. The van der Waals surface area contributed by atoms with Crippen LogP contribution in [0.1, 0.15) is 25.3 Å². The van der Waals surface area contributed by atoms with E-state index in [0.717, 1.165) is 25.3 Å². The third kappa shape index (κ3) is 2.22. The third-order valence-corrected chi connectivity index (χ3v) is 1.84. The number of halogens is 1. The Kier molecular flexibility index (Phi) is 3.09. The maximum absolute atomic E-state index is 13.0. The van der Waals surface area contributed by atoms with Crippen molar-refractivity contribution >= 4 is 0 Å². The van der Waals surface area contributed by atoms with Gasteiger partial charge in [0.2, 0.25) is 0 Å². The number of hydrogen-bond donors (Lipinski definition) is 1. The minimum atomic E-state index is -0.302. The molecule has 1 N–H and O–H groups in total. The van der Waals surface area contributed by atoms with E-state index in [0.29, 0.717) is 5.56 Å². The van der Waals surface area contributed by atoms with Gasteiger partial charge in [-0.2, -0.15) is 0 Å². The molecule has 0 aliphatic rings. The van der Waals surface area contributed by atoms with Gasteiger partial charge < -0.3 is 5.11 Å². The highest BCUT2D eigenvalue weighted by Gasteiger charge is 2.01. The van der Waals surface area contributed by atoms with Crippen molar-refractivity contribution < 1.29 is 9.50 Å². The molecule has 0 bridgehead atoms. The zero-order valence-corrected chi connectivity index (χ0v) is 7.18. The first-order chi connectivity index (χ1) is 5.74. The largest absolute Gasteiger partial charge is 0.508 e. The second-order valence-corrected chi connectivity index (χ2v) is 2.88. The summed E-state index contributed by atoms with van der Waals surface area (Å²) in [7, 11) is 0. The van der Waals surface area contributed by atoms with Crippen molar-refractivity contribution in [3.63, 3.8) is 0 Å². The quantitative estimate of drug-likeness (QED) is 0.735. The van der Waals surface area contributed by atoms with Crippen LogP contribution in [0.5, 0.6) is 5.75 Å². The first-order valence-corrected chi connectivity index (χ1v) is 4.21. The van der Waals surface area contributed by atoms with E-state index < -0.39 is 0 Å². The van der Waals surface area contributed by atoms with Gasteiger partial charge in [0.05, 0.1) is 0 Å². The monoisotopic (exact) mass is 168 g/mol. The second kappa shape index (κ2) is 4.10. The zero-order valence-electron chi connectivity index (χ0n) is 7.18. The molecule has 0 aliphatic heterocycles. The normalized spacial score (nSPS) is 10.2. The molecule has 0 saturated carbocycles. The van der Waals surface area contributed by atoms with Gasteiger partial charge in [-0.1, -0.05) is 19.4 Å². The van der Waals surface area contributed by atoms with Crippen LogP contribution < -0.4 is 0 Å². The van der Waals surface area contributed by atoms with Crippen molar-refractivity contribution in [2.24, 2.45) is 0 Å². The minimum Gasteiger partial charge on any atom is -0.508 e. The number of aromatic hydroxyl groups is 1. The molecule has 0 radical (unpaired) electrons. The molecule has 1 aromatic rings. The van der Waals surface area contributed by atoms with Crippen LogP contribution in [0.15, 0.2) is 18.2 Å². The van der Waals surface area contributed by atoms with Gasteiger partial charge in [-0.25, -0.2) is 4.39 Å². The molecule has 66 valence electrons. The first kappa shape index (κ1) is 9.04. The van der Waals surface area contributed by atoms with E-state index in [1.54, 1.807) is 6.07 Å². The summed E-state index contributed by atoms with van der Waals surface area (Å²) in [5, 5.41) is 8.92. The topological polar surface area (TPSA) is 20.2 Å². The molecular formula is C10H13FO. The van der Waals surface area contributed by atoms with Crippen molar-refractivity contribution in [3.05, 3.63) is 29.6 Å². The average Bonchev–Trinajstić information content (AvgIpc) is 2.03. The van der Waals surface area contributed by atoms with E-state index in [2.05, 4.69) is 6.92 Å². The van der Waals surface area contributed by atoms with Crippen molar-refractivity contribution in [1.29, 1.82) is 0 Å². The zero-order chi connectivity index (χ0) is 8.97. The standard InChI is InChI=1S/C10H13FO/c1-2-3-4-8-5-6-9(12)7-10(8)11/h5-7,12H,2-4H2,1H3. The molecule has 0 saturated heterocycles. The van der Waals surface area contributed by atoms with Gasteiger partial charge in [0.25, 0.3) is 0 Å². The number of phenols is 1. The molecule has 0 amide bonds. The summed E-state index contributed by atoms with van der Waals surface area (Å²) in [5.41, 5.74) is 0.689. The molecule has 0 unspecified atom stereocenters. The SMILES string of the molecule is CCCCc1ccc(O)cc1F. The molecule has 0 aromatic heterocycles. The van der Waals surface area contributed by atoms with E-state index in [1.807, 2.05) is 0 Å². The molecule has 0 atom stereocenters. The molecule has 1 nitrogen and oxygen atoms in total. The fourth-order valence-corrected chi connectivity index (χ4v) is 1.11. The molecule has 1 aromatic carbocycles. The van der Waals surface area contributed by atoms with Gasteiger partial charge in [0.15, 0.2) is 0 Å². The van der Waals surface area contributed by atoms with Crippen molar-refractivity contribution in [2.45, 2.75) is 26.2 Å². The Labute approximate surface area is 71.9 Å². The van der Waals surface area contributed by atoms with E-state index in [9.17, 15) is 4.39 Å². The molecular weight excluding hydrogens is 155 g/mol. The van der Waals surface area contributed by atoms with E-state index in [1.165, 1.54) is 6.07 Å². The summed E-state index contributed by atoms with van der Waals surface area (Å²) >= 11 is 0. The molecule has 12 heavy (non-hydrogen) atoms. The molecule has 0 spiro atoms. The van der Waals surface area contributed by atoms with Gasteiger partial charge in [-0.3, -0.25) is 0 Å².